The third-order valence-corrected chi connectivity index (χ3v) is 5.37. The average molecular weight is 375 g/mol. The third kappa shape index (κ3) is 6.84. The molecule has 0 spiro atoms. The number of nitrogens with zero attached hydrogens (tertiary/aromatic N) is 1. The molecule has 2 heterocycles. The van der Waals surface area contributed by atoms with Crippen LogP contribution in [0.2, 0.25) is 0 Å². The van der Waals surface area contributed by atoms with Crippen molar-refractivity contribution in [3.8, 4) is 5.75 Å². The van der Waals surface area contributed by atoms with Gasteiger partial charge in [-0.3, -0.25) is 4.79 Å². The van der Waals surface area contributed by atoms with Crippen molar-refractivity contribution in [1.82, 2.24) is 10.2 Å². The van der Waals surface area contributed by atoms with Crippen molar-refractivity contribution in [1.29, 1.82) is 0 Å². The molecule has 1 saturated heterocycles. The lowest BCUT2D eigenvalue weighted by atomic mass is 10.0. The standard InChI is InChI=1S/C19H28N2O2.C4H10/c1-14(2)19(22)21-11-7-15-3-4-18(13-16(15)8-12-21)23-17-5-9-20-10-6-17;1-3-4-2/h3-4,13-14,17,20H,5-12H2,1-2H3;3-4H2,1-2H3. The number of hydrogen-bond donors (Lipinski definition) is 1. The van der Waals surface area contributed by atoms with E-state index in [2.05, 4.69) is 37.4 Å². The summed E-state index contributed by atoms with van der Waals surface area (Å²) >= 11 is 0. The van der Waals surface area contributed by atoms with Gasteiger partial charge in [-0.15, -0.1) is 0 Å². The minimum atomic E-state index is 0.0787. The minimum absolute atomic E-state index is 0.0787. The Kier molecular flexibility index (Phi) is 9.12. The lowest BCUT2D eigenvalue weighted by molar-refractivity contribution is -0.134. The van der Waals surface area contributed by atoms with Crippen LogP contribution in [0.4, 0.5) is 0 Å². The van der Waals surface area contributed by atoms with E-state index in [1.807, 2.05) is 18.7 Å². The molecule has 27 heavy (non-hydrogen) atoms. The largest absolute Gasteiger partial charge is 0.490 e. The molecular formula is C23H38N2O2. The molecule has 2 aliphatic heterocycles. The molecule has 0 saturated carbocycles. The fourth-order valence-corrected chi connectivity index (χ4v) is 3.47. The van der Waals surface area contributed by atoms with Gasteiger partial charge in [-0.05, 0) is 62.0 Å². The maximum absolute atomic E-state index is 12.2. The van der Waals surface area contributed by atoms with Gasteiger partial charge in [-0.2, -0.15) is 0 Å². The highest BCUT2D eigenvalue weighted by Gasteiger charge is 2.21. The second-order valence-electron chi connectivity index (χ2n) is 7.98. The topological polar surface area (TPSA) is 41.6 Å². The molecule has 1 aromatic carbocycles. The third-order valence-electron chi connectivity index (χ3n) is 5.37. The van der Waals surface area contributed by atoms with Gasteiger partial charge in [0, 0.05) is 19.0 Å². The number of unbranched alkanes of at least 4 members (excludes halogenated alkanes) is 1. The maximum Gasteiger partial charge on any atom is 0.225 e. The number of carbonyl (C=O) groups excluding carboxylic acids is 1. The van der Waals surface area contributed by atoms with Crippen LogP contribution in [-0.4, -0.2) is 43.1 Å². The van der Waals surface area contributed by atoms with Gasteiger partial charge in [0.2, 0.25) is 5.91 Å². The maximum atomic E-state index is 12.2. The van der Waals surface area contributed by atoms with Gasteiger partial charge in [-0.1, -0.05) is 46.6 Å². The zero-order chi connectivity index (χ0) is 19.6. The Morgan fingerprint density at radius 1 is 1.11 bits per heavy atom. The van der Waals surface area contributed by atoms with E-state index >= 15 is 0 Å². The molecule has 1 amide bonds. The first-order chi connectivity index (χ1) is 13.0. The lowest BCUT2D eigenvalue weighted by Crippen LogP contribution is -2.36. The Balaban J connectivity index is 0.000000596. The predicted molar refractivity (Wildman–Crippen MR) is 112 cm³/mol. The summed E-state index contributed by atoms with van der Waals surface area (Å²) in [5, 5.41) is 3.37. The SMILES string of the molecule is CC(C)C(=O)N1CCc2ccc(OC3CCNCC3)cc2CC1.CCCC. The first-order valence-corrected chi connectivity index (χ1v) is 10.8. The fourth-order valence-electron chi connectivity index (χ4n) is 3.47. The number of ether oxygens (including phenoxy) is 1. The molecule has 0 aliphatic carbocycles. The molecule has 2 aliphatic rings. The number of hydrogen-bond acceptors (Lipinski definition) is 3. The molecule has 0 unspecified atom stereocenters. The van der Waals surface area contributed by atoms with Crippen molar-refractivity contribution in [2.24, 2.45) is 5.92 Å². The Labute approximate surface area is 165 Å². The van der Waals surface area contributed by atoms with Gasteiger partial charge >= 0.3 is 0 Å². The zero-order valence-electron chi connectivity index (χ0n) is 17.7. The fraction of sp³-hybridized carbons (Fsp3) is 0.696. The Bertz CT molecular complexity index is 578. The van der Waals surface area contributed by atoms with Crippen molar-refractivity contribution in [2.75, 3.05) is 26.2 Å². The second kappa shape index (κ2) is 11.3. The molecule has 4 heteroatoms. The lowest BCUT2D eigenvalue weighted by Gasteiger charge is -2.24. The number of carbonyl (C=O) groups is 1. The van der Waals surface area contributed by atoms with Gasteiger partial charge in [0.05, 0.1) is 0 Å². The smallest absolute Gasteiger partial charge is 0.225 e. The van der Waals surface area contributed by atoms with Crippen LogP contribution in [0, 0.1) is 5.92 Å². The van der Waals surface area contributed by atoms with Crippen molar-refractivity contribution in [3.05, 3.63) is 29.3 Å². The van der Waals surface area contributed by atoms with Gasteiger partial charge in [0.1, 0.15) is 11.9 Å². The van der Waals surface area contributed by atoms with Crippen molar-refractivity contribution in [2.45, 2.75) is 72.3 Å². The van der Waals surface area contributed by atoms with E-state index in [0.29, 0.717) is 6.10 Å². The number of rotatable bonds is 4. The van der Waals surface area contributed by atoms with E-state index in [9.17, 15) is 4.79 Å². The number of benzene rings is 1. The molecular weight excluding hydrogens is 336 g/mol. The Morgan fingerprint density at radius 2 is 1.74 bits per heavy atom. The molecule has 0 radical (unpaired) electrons. The van der Waals surface area contributed by atoms with Crippen molar-refractivity contribution >= 4 is 5.91 Å². The molecule has 0 atom stereocenters. The minimum Gasteiger partial charge on any atom is -0.490 e. The Hall–Kier alpha value is -1.55. The van der Waals surface area contributed by atoms with Crippen LogP contribution in [0.15, 0.2) is 18.2 Å². The quantitative estimate of drug-likeness (QED) is 0.858. The van der Waals surface area contributed by atoms with Crippen molar-refractivity contribution in [3.63, 3.8) is 0 Å². The normalized spacial score (nSPS) is 17.6. The van der Waals surface area contributed by atoms with E-state index in [1.54, 1.807) is 0 Å². The number of amides is 1. The molecule has 0 aromatic heterocycles. The number of piperidine rings is 1. The molecule has 1 fully saturated rings. The average Bonchev–Trinajstić information content (AvgIpc) is 2.90. The number of nitrogens with one attached hydrogen (secondary N) is 1. The van der Waals surface area contributed by atoms with E-state index in [-0.39, 0.29) is 11.8 Å². The van der Waals surface area contributed by atoms with Gasteiger partial charge in [-0.25, -0.2) is 0 Å². The highest BCUT2D eigenvalue weighted by atomic mass is 16.5. The van der Waals surface area contributed by atoms with E-state index in [4.69, 9.17) is 4.74 Å². The van der Waals surface area contributed by atoms with E-state index in [0.717, 1.165) is 57.6 Å². The first kappa shape index (κ1) is 21.7. The van der Waals surface area contributed by atoms with Crippen molar-refractivity contribution < 1.29 is 9.53 Å². The van der Waals surface area contributed by atoms with Crippen LogP contribution in [0.1, 0.15) is 64.5 Å². The summed E-state index contributed by atoms with van der Waals surface area (Å²) in [5.41, 5.74) is 2.71. The molecule has 1 N–H and O–H groups in total. The summed E-state index contributed by atoms with van der Waals surface area (Å²) in [6.07, 6.45) is 7.00. The molecule has 0 bridgehead atoms. The van der Waals surface area contributed by atoms with Crippen LogP contribution in [0.3, 0.4) is 0 Å². The zero-order valence-corrected chi connectivity index (χ0v) is 17.7. The molecule has 152 valence electrons. The van der Waals surface area contributed by atoms with Crippen LogP contribution >= 0.6 is 0 Å². The van der Waals surface area contributed by atoms with Crippen LogP contribution in [-0.2, 0) is 17.6 Å². The monoisotopic (exact) mass is 374 g/mol. The second-order valence-corrected chi connectivity index (χ2v) is 7.98. The first-order valence-electron chi connectivity index (χ1n) is 10.8. The van der Waals surface area contributed by atoms with Crippen LogP contribution in [0.25, 0.3) is 0 Å². The Morgan fingerprint density at radius 3 is 2.33 bits per heavy atom. The van der Waals surface area contributed by atoms with Gasteiger partial charge in [0.25, 0.3) is 0 Å². The predicted octanol–water partition coefficient (Wildman–Crippen LogP) is 4.21. The molecule has 3 rings (SSSR count). The van der Waals surface area contributed by atoms with Crippen LogP contribution in [0.5, 0.6) is 5.75 Å². The number of fused-ring (bicyclic) bond motifs is 1. The summed E-state index contributed by atoms with van der Waals surface area (Å²) in [5.74, 6) is 1.33. The summed E-state index contributed by atoms with van der Waals surface area (Å²) in [4.78, 5) is 14.2. The highest BCUT2D eigenvalue weighted by molar-refractivity contribution is 5.78. The summed E-state index contributed by atoms with van der Waals surface area (Å²) in [6, 6.07) is 6.48. The summed E-state index contributed by atoms with van der Waals surface area (Å²) in [7, 11) is 0. The van der Waals surface area contributed by atoms with Crippen LogP contribution < -0.4 is 10.1 Å². The molecule has 4 nitrogen and oxygen atoms in total. The van der Waals surface area contributed by atoms with E-state index in [1.165, 1.54) is 24.0 Å². The molecule has 1 aromatic rings. The van der Waals surface area contributed by atoms with Gasteiger partial charge in [0.15, 0.2) is 0 Å². The van der Waals surface area contributed by atoms with Gasteiger partial charge < -0.3 is 15.0 Å². The summed E-state index contributed by atoms with van der Waals surface area (Å²) < 4.78 is 6.15. The summed E-state index contributed by atoms with van der Waals surface area (Å²) in [6.45, 7) is 12.1. The highest BCUT2D eigenvalue weighted by Crippen LogP contribution is 2.24. The van der Waals surface area contributed by atoms with E-state index < -0.39 is 0 Å².